The zero-order valence-electron chi connectivity index (χ0n) is 9.50. The van der Waals surface area contributed by atoms with E-state index in [1.807, 2.05) is 19.1 Å². The first-order valence-corrected chi connectivity index (χ1v) is 6.65. The van der Waals surface area contributed by atoms with E-state index in [1.165, 1.54) is 0 Å². The fourth-order valence-electron chi connectivity index (χ4n) is 1.87. The maximum absolute atomic E-state index is 6.06. The van der Waals surface area contributed by atoms with Gasteiger partial charge in [-0.15, -0.1) is 0 Å². The summed E-state index contributed by atoms with van der Waals surface area (Å²) in [5.74, 6) is 1.21. The number of fused-ring (bicyclic) bond motifs is 1. The predicted octanol–water partition coefficient (Wildman–Crippen LogP) is 4.20. The lowest BCUT2D eigenvalue weighted by Gasteiger charge is -2.02. The molecule has 0 aliphatic heterocycles. The highest BCUT2D eigenvalue weighted by atomic mass is 79.9. The van der Waals surface area contributed by atoms with E-state index < -0.39 is 0 Å². The second kappa shape index (κ2) is 4.40. The van der Waals surface area contributed by atoms with Gasteiger partial charge in [0.1, 0.15) is 10.8 Å². The third kappa shape index (κ3) is 1.74. The van der Waals surface area contributed by atoms with E-state index >= 15 is 0 Å². The van der Waals surface area contributed by atoms with Crippen molar-refractivity contribution in [1.82, 2.24) is 15.0 Å². The number of aryl methyl sites for hydroxylation is 1. The molecule has 18 heavy (non-hydrogen) atoms. The molecule has 0 bridgehead atoms. The quantitative estimate of drug-likeness (QED) is 0.768. The number of aromatic amines is 1. The molecule has 0 radical (unpaired) electrons. The Morgan fingerprint density at radius 2 is 2.28 bits per heavy atom. The van der Waals surface area contributed by atoms with E-state index in [1.54, 1.807) is 6.26 Å². The van der Waals surface area contributed by atoms with E-state index in [-0.39, 0.29) is 0 Å². The van der Waals surface area contributed by atoms with Crippen LogP contribution < -0.4 is 0 Å². The Kier molecular flexibility index (Phi) is 2.87. The van der Waals surface area contributed by atoms with Gasteiger partial charge in [-0.3, -0.25) is 0 Å². The topological polar surface area (TPSA) is 54.7 Å². The summed E-state index contributed by atoms with van der Waals surface area (Å²) in [6, 6.07) is 3.65. The normalized spacial score (nSPS) is 11.3. The van der Waals surface area contributed by atoms with Crippen LogP contribution in [0.3, 0.4) is 0 Å². The Bertz CT molecular complexity index is 706. The van der Waals surface area contributed by atoms with Crippen LogP contribution in [-0.2, 0) is 6.42 Å². The SMILES string of the molecule is CCc1nc(-c2ccco2)nc2[nH]c(Cl)c(Br)c12. The highest BCUT2D eigenvalue weighted by Crippen LogP contribution is 2.33. The summed E-state index contributed by atoms with van der Waals surface area (Å²) in [6.45, 7) is 2.04. The van der Waals surface area contributed by atoms with Gasteiger partial charge in [0.05, 0.1) is 21.8 Å². The number of hydrogen-bond acceptors (Lipinski definition) is 3. The zero-order valence-corrected chi connectivity index (χ0v) is 11.8. The number of nitrogens with one attached hydrogen (secondary N) is 1. The van der Waals surface area contributed by atoms with Crippen molar-refractivity contribution in [3.63, 3.8) is 0 Å². The standard InChI is InChI=1S/C12H9BrClN3O/c1-2-6-8-9(13)10(14)16-12(8)17-11(15-6)7-4-3-5-18-7/h3-5H,2H2,1H3,(H,15,16,17). The molecule has 0 fully saturated rings. The summed E-state index contributed by atoms with van der Waals surface area (Å²) in [4.78, 5) is 12.0. The fraction of sp³-hybridized carbons (Fsp3) is 0.167. The van der Waals surface area contributed by atoms with Crippen LogP contribution in [0.4, 0.5) is 0 Å². The van der Waals surface area contributed by atoms with Crippen LogP contribution in [0, 0.1) is 0 Å². The van der Waals surface area contributed by atoms with Crippen LogP contribution >= 0.6 is 27.5 Å². The van der Waals surface area contributed by atoms with E-state index in [9.17, 15) is 0 Å². The molecule has 0 aliphatic carbocycles. The van der Waals surface area contributed by atoms with Gasteiger partial charge in [0.25, 0.3) is 0 Å². The second-order valence-corrected chi connectivity index (χ2v) is 4.97. The van der Waals surface area contributed by atoms with Gasteiger partial charge < -0.3 is 9.40 Å². The van der Waals surface area contributed by atoms with Crippen molar-refractivity contribution >= 4 is 38.6 Å². The summed E-state index contributed by atoms with van der Waals surface area (Å²) < 4.78 is 6.13. The van der Waals surface area contributed by atoms with Crippen molar-refractivity contribution < 1.29 is 4.42 Å². The number of H-pyrrole nitrogens is 1. The van der Waals surface area contributed by atoms with Gasteiger partial charge >= 0.3 is 0 Å². The molecule has 3 aromatic heterocycles. The molecule has 0 amide bonds. The molecule has 3 rings (SSSR count). The average Bonchev–Trinajstić information content (AvgIpc) is 2.98. The number of aromatic nitrogens is 3. The van der Waals surface area contributed by atoms with Crippen LogP contribution in [0.1, 0.15) is 12.6 Å². The van der Waals surface area contributed by atoms with E-state index in [0.717, 1.165) is 22.0 Å². The Morgan fingerprint density at radius 3 is 2.94 bits per heavy atom. The van der Waals surface area contributed by atoms with E-state index in [4.69, 9.17) is 16.0 Å². The Hall–Kier alpha value is -1.33. The lowest BCUT2D eigenvalue weighted by atomic mass is 10.2. The lowest BCUT2D eigenvalue weighted by Crippen LogP contribution is -1.95. The van der Waals surface area contributed by atoms with Crippen molar-refractivity contribution in [2.75, 3.05) is 0 Å². The molecule has 0 saturated carbocycles. The summed E-state index contributed by atoms with van der Waals surface area (Å²) in [5.41, 5.74) is 1.64. The number of furan rings is 1. The molecule has 92 valence electrons. The maximum atomic E-state index is 6.06. The molecular weight excluding hydrogens is 318 g/mol. The molecule has 3 heterocycles. The highest BCUT2D eigenvalue weighted by molar-refractivity contribution is 9.10. The van der Waals surface area contributed by atoms with Gasteiger partial charge in [0.2, 0.25) is 0 Å². The van der Waals surface area contributed by atoms with E-state index in [0.29, 0.717) is 22.4 Å². The molecule has 0 unspecified atom stereocenters. The first-order valence-electron chi connectivity index (χ1n) is 5.48. The van der Waals surface area contributed by atoms with E-state index in [2.05, 4.69) is 30.9 Å². The maximum Gasteiger partial charge on any atom is 0.197 e. The molecular formula is C12H9BrClN3O. The lowest BCUT2D eigenvalue weighted by molar-refractivity contribution is 0.577. The van der Waals surface area contributed by atoms with Crippen molar-refractivity contribution in [3.05, 3.63) is 33.7 Å². The number of halogens is 2. The fourth-order valence-corrected chi connectivity index (χ4v) is 2.57. The van der Waals surface area contributed by atoms with Gasteiger partial charge in [-0.05, 0) is 34.5 Å². The first kappa shape index (κ1) is 11.7. The largest absolute Gasteiger partial charge is 0.461 e. The summed E-state index contributed by atoms with van der Waals surface area (Å²) in [7, 11) is 0. The molecule has 1 N–H and O–H groups in total. The predicted molar refractivity (Wildman–Crippen MR) is 73.7 cm³/mol. The molecule has 0 spiro atoms. The Balaban J connectivity index is 2.32. The van der Waals surface area contributed by atoms with Crippen molar-refractivity contribution in [2.45, 2.75) is 13.3 Å². The third-order valence-electron chi connectivity index (χ3n) is 2.70. The highest BCUT2D eigenvalue weighted by Gasteiger charge is 2.16. The summed E-state index contributed by atoms with van der Waals surface area (Å²) in [6.07, 6.45) is 2.39. The molecule has 4 nitrogen and oxygen atoms in total. The monoisotopic (exact) mass is 325 g/mol. The van der Waals surface area contributed by atoms with Gasteiger partial charge in [-0.1, -0.05) is 18.5 Å². The molecule has 0 aromatic carbocycles. The van der Waals surface area contributed by atoms with Gasteiger partial charge in [0, 0.05) is 0 Å². The zero-order chi connectivity index (χ0) is 12.7. The first-order chi connectivity index (χ1) is 8.70. The van der Waals surface area contributed by atoms with Gasteiger partial charge in [-0.2, -0.15) is 0 Å². The second-order valence-electron chi connectivity index (χ2n) is 3.80. The van der Waals surface area contributed by atoms with Crippen molar-refractivity contribution in [1.29, 1.82) is 0 Å². The third-order valence-corrected chi connectivity index (χ3v) is 4.01. The summed E-state index contributed by atoms with van der Waals surface area (Å²) >= 11 is 9.51. The minimum absolute atomic E-state index is 0.533. The molecule has 3 aromatic rings. The van der Waals surface area contributed by atoms with Crippen LogP contribution in [0.15, 0.2) is 27.3 Å². The Morgan fingerprint density at radius 1 is 1.44 bits per heavy atom. The van der Waals surface area contributed by atoms with Crippen molar-refractivity contribution in [2.24, 2.45) is 0 Å². The molecule has 0 atom stereocenters. The Labute approximate surface area is 117 Å². The smallest absolute Gasteiger partial charge is 0.197 e. The number of nitrogens with zero attached hydrogens (tertiary/aromatic N) is 2. The van der Waals surface area contributed by atoms with Gasteiger partial charge in [-0.25, -0.2) is 9.97 Å². The van der Waals surface area contributed by atoms with Crippen LogP contribution in [0.25, 0.3) is 22.6 Å². The van der Waals surface area contributed by atoms with Crippen LogP contribution in [0.2, 0.25) is 5.15 Å². The average molecular weight is 327 g/mol. The molecule has 0 aliphatic rings. The van der Waals surface area contributed by atoms with Gasteiger partial charge in [0.15, 0.2) is 11.6 Å². The molecule has 6 heteroatoms. The minimum Gasteiger partial charge on any atom is -0.461 e. The minimum atomic E-state index is 0.533. The van der Waals surface area contributed by atoms with Crippen molar-refractivity contribution in [3.8, 4) is 11.6 Å². The van der Waals surface area contributed by atoms with Crippen LogP contribution in [0.5, 0.6) is 0 Å². The number of hydrogen-bond donors (Lipinski definition) is 1. The van der Waals surface area contributed by atoms with Crippen LogP contribution in [-0.4, -0.2) is 15.0 Å². The number of rotatable bonds is 2. The summed E-state index contributed by atoms with van der Waals surface area (Å²) in [5, 5.41) is 1.46. The molecule has 0 saturated heterocycles.